The first-order valence-electron chi connectivity index (χ1n) is 5.95. The van der Waals surface area contributed by atoms with Crippen LogP contribution in [0.1, 0.15) is 12.5 Å². The van der Waals surface area contributed by atoms with Crippen LogP contribution in [0.2, 0.25) is 0 Å². The van der Waals surface area contributed by atoms with Crippen LogP contribution in [-0.4, -0.2) is 30.3 Å². The molecule has 0 fully saturated rings. The number of H-pyrrole nitrogens is 1. The maximum atomic E-state index is 12.0. The summed E-state index contributed by atoms with van der Waals surface area (Å²) in [5.41, 5.74) is 0.859. The van der Waals surface area contributed by atoms with Crippen LogP contribution >= 0.6 is 0 Å². The number of anilines is 1. The van der Waals surface area contributed by atoms with Crippen LogP contribution in [0.3, 0.4) is 0 Å². The molecule has 2 aromatic rings. The smallest absolute Gasteiger partial charge is 0.265 e. The molecule has 0 aliphatic carbocycles. The second-order valence-corrected chi connectivity index (χ2v) is 5.64. The van der Waals surface area contributed by atoms with E-state index in [9.17, 15) is 13.5 Å². The Labute approximate surface area is 116 Å². The van der Waals surface area contributed by atoms with E-state index in [1.165, 1.54) is 18.5 Å². The van der Waals surface area contributed by atoms with Crippen molar-refractivity contribution in [3.8, 4) is 5.75 Å². The lowest BCUT2D eigenvalue weighted by Gasteiger charge is -2.11. The van der Waals surface area contributed by atoms with Crippen LogP contribution in [0.4, 0.5) is 5.69 Å². The summed E-state index contributed by atoms with van der Waals surface area (Å²) < 4.78 is 31.8. The molecule has 0 aliphatic rings. The summed E-state index contributed by atoms with van der Waals surface area (Å²) in [7, 11) is -3.69. The molecule has 20 heavy (non-hydrogen) atoms. The summed E-state index contributed by atoms with van der Waals surface area (Å²) in [6, 6.07) is 4.71. The Hall–Kier alpha value is -2.06. The summed E-state index contributed by atoms with van der Waals surface area (Å²) in [6.45, 7) is 2.06. The number of hydrogen-bond acceptors (Lipinski definition) is 5. The van der Waals surface area contributed by atoms with Crippen molar-refractivity contribution in [1.29, 1.82) is 0 Å². The highest BCUT2D eigenvalue weighted by Gasteiger charge is 2.16. The van der Waals surface area contributed by atoms with E-state index in [0.717, 1.165) is 0 Å². The SMILES string of the molecule is CCOc1ccc(NS(=O)(=O)c2cn[nH]c2)cc1CO. The van der Waals surface area contributed by atoms with E-state index in [4.69, 9.17) is 4.74 Å². The number of aromatic nitrogens is 2. The van der Waals surface area contributed by atoms with E-state index in [2.05, 4.69) is 14.9 Å². The number of sulfonamides is 1. The highest BCUT2D eigenvalue weighted by molar-refractivity contribution is 7.92. The summed E-state index contributed by atoms with van der Waals surface area (Å²) in [4.78, 5) is 0.0388. The van der Waals surface area contributed by atoms with Gasteiger partial charge in [-0.05, 0) is 25.1 Å². The van der Waals surface area contributed by atoms with Gasteiger partial charge in [-0.3, -0.25) is 9.82 Å². The van der Waals surface area contributed by atoms with E-state index < -0.39 is 10.0 Å². The average Bonchev–Trinajstić information content (AvgIpc) is 2.95. The molecule has 1 aromatic heterocycles. The standard InChI is InChI=1S/C12H15N3O4S/c1-2-19-12-4-3-10(5-9(12)8-16)15-20(17,18)11-6-13-14-7-11/h3-7,15-16H,2,8H2,1H3,(H,13,14). The van der Waals surface area contributed by atoms with Crippen LogP contribution in [-0.2, 0) is 16.6 Å². The molecule has 2 rings (SSSR count). The van der Waals surface area contributed by atoms with Gasteiger partial charge in [0.25, 0.3) is 10.0 Å². The number of nitrogens with zero attached hydrogens (tertiary/aromatic N) is 1. The number of aromatic amines is 1. The number of hydrogen-bond donors (Lipinski definition) is 3. The Balaban J connectivity index is 2.26. The molecular weight excluding hydrogens is 282 g/mol. The van der Waals surface area contributed by atoms with Crippen molar-refractivity contribution in [2.24, 2.45) is 0 Å². The molecule has 0 saturated heterocycles. The minimum absolute atomic E-state index is 0.0388. The topological polar surface area (TPSA) is 104 Å². The predicted molar refractivity (Wildman–Crippen MR) is 72.9 cm³/mol. The molecule has 0 radical (unpaired) electrons. The van der Waals surface area contributed by atoms with Gasteiger partial charge < -0.3 is 9.84 Å². The largest absolute Gasteiger partial charge is 0.494 e. The van der Waals surface area contributed by atoms with Gasteiger partial charge in [-0.2, -0.15) is 5.10 Å². The lowest BCUT2D eigenvalue weighted by atomic mass is 10.2. The van der Waals surface area contributed by atoms with Gasteiger partial charge in [-0.15, -0.1) is 0 Å². The second kappa shape index (κ2) is 5.93. The quantitative estimate of drug-likeness (QED) is 0.740. The van der Waals surface area contributed by atoms with E-state index >= 15 is 0 Å². The Morgan fingerprint density at radius 3 is 2.85 bits per heavy atom. The number of aliphatic hydroxyl groups is 1. The molecule has 3 N–H and O–H groups in total. The van der Waals surface area contributed by atoms with Gasteiger partial charge in [0, 0.05) is 17.4 Å². The van der Waals surface area contributed by atoms with Crippen LogP contribution in [0, 0.1) is 0 Å². The van der Waals surface area contributed by atoms with Crippen LogP contribution in [0.25, 0.3) is 0 Å². The number of benzene rings is 1. The third-order valence-corrected chi connectivity index (χ3v) is 3.91. The molecule has 108 valence electrons. The first-order chi connectivity index (χ1) is 9.56. The van der Waals surface area contributed by atoms with Crippen molar-refractivity contribution in [3.05, 3.63) is 36.2 Å². The molecule has 0 unspecified atom stereocenters. The fourth-order valence-electron chi connectivity index (χ4n) is 1.66. The van der Waals surface area contributed by atoms with Crippen molar-refractivity contribution in [3.63, 3.8) is 0 Å². The van der Waals surface area contributed by atoms with Crippen molar-refractivity contribution in [2.75, 3.05) is 11.3 Å². The van der Waals surface area contributed by atoms with Gasteiger partial charge in [0.1, 0.15) is 10.6 Å². The van der Waals surface area contributed by atoms with Crippen molar-refractivity contribution in [1.82, 2.24) is 10.2 Å². The van der Waals surface area contributed by atoms with Crippen LogP contribution in [0.15, 0.2) is 35.5 Å². The molecule has 0 aliphatic heterocycles. The van der Waals surface area contributed by atoms with E-state index in [0.29, 0.717) is 23.6 Å². The van der Waals surface area contributed by atoms with E-state index in [1.54, 1.807) is 12.1 Å². The maximum Gasteiger partial charge on any atom is 0.265 e. The first-order valence-corrected chi connectivity index (χ1v) is 7.43. The molecule has 1 heterocycles. The first kappa shape index (κ1) is 14.4. The lowest BCUT2D eigenvalue weighted by Crippen LogP contribution is -2.12. The van der Waals surface area contributed by atoms with Gasteiger partial charge in [-0.1, -0.05) is 0 Å². The monoisotopic (exact) mass is 297 g/mol. The summed E-state index contributed by atoms with van der Waals surface area (Å²) in [6.07, 6.45) is 2.49. The number of aliphatic hydroxyl groups excluding tert-OH is 1. The molecule has 1 aromatic carbocycles. The van der Waals surface area contributed by atoms with Crippen LogP contribution in [0.5, 0.6) is 5.75 Å². The predicted octanol–water partition coefficient (Wildman–Crippen LogP) is 1.10. The van der Waals surface area contributed by atoms with E-state index in [1.807, 2.05) is 6.92 Å². The van der Waals surface area contributed by atoms with Gasteiger partial charge >= 0.3 is 0 Å². The fraction of sp³-hybridized carbons (Fsp3) is 0.250. The average molecular weight is 297 g/mol. The summed E-state index contributed by atoms with van der Waals surface area (Å²) in [5.74, 6) is 0.529. The molecule has 7 nitrogen and oxygen atoms in total. The van der Waals surface area contributed by atoms with E-state index in [-0.39, 0.29) is 11.5 Å². The number of ether oxygens (including phenoxy) is 1. The normalized spacial score (nSPS) is 11.3. The maximum absolute atomic E-state index is 12.0. The Morgan fingerprint density at radius 2 is 2.25 bits per heavy atom. The van der Waals surface area contributed by atoms with Crippen LogP contribution < -0.4 is 9.46 Å². The van der Waals surface area contributed by atoms with Crippen molar-refractivity contribution in [2.45, 2.75) is 18.4 Å². The molecule has 0 amide bonds. The third kappa shape index (κ3) is 3.09. The minimum atomic E-state index is -3.69. The zero-order valence-electron chi connectivity index (χ0n) is 10.8. The Morgan fingerprint density at radius 1 is 1.45 bits per heavy atom. The zero-order valence-corrected chi connectivity index (χ0v) is 11.6. The van der Waals surface area contributed by atoms with Crippen molar-refractivity contribution < 1.29 is 18.3 Å². The highest BCUT2D eigenvalue weighted by atomic mass is 32.2. The molecule has 0 saturated carbocycles. The molecule has 0 spiro atoms. The summed E-state index contributed by atoms with van der Waals surface area (Å²) in [5, 5.41) is 15.3. The minimum Gasteiger partial charge on any atom is -0.494 e. The van der Waals surface area contributed by atoms with Crippen molar-refractivity contribution >= 4 is 15.7 Å². The highest BCUT2D eigenvalue weighted by Crippen LogP contribution is 2.24. The third-order valence-electron chi connectivity index (χ3n) is 2.57. The van der Waals surface area contributed by atoms with Gasteiger partial charge in [0.2, 0.25) is 0 Å². The Bertz CT molecular complexity index is 668. The lowest BCUT2D eigenvalue weighted by molar-refractivity contribution is 0.267. The second-order valence-electron chi connectivity index (χ2n) is 3.95. The fourth-order valence-corrected chi connectivity index (χ4v) is 2.62. The molecule has 8 heteroatoms. The zero-order chi connectivity index (χ0) is 14.6. The number of rotatable bonds is 6. The molecular formula is C12H15N3O4S. The molecule has 0 atom stereocenters. The number of nitrogens with one attached hydrogen (secondary N) is 2. The summed E-state index contributed by atoms with van der Waals surface area (Å²) >= 11 is 0. The molecule has 0 bridgehead atoms. The van der Waals surface area contributed by atoms with Gasteiger partial charge in [-0.25, -0.2) is 8.42 Å². The Kier molecular flexibility index (Phi) is 4.26. The van der Waals surface area contributed by atoms with Gasteiger partial charge in [0.05, 0.1) is 19.4 Å². The van der Waals surface area contributed by atoms with Gasteiger partial charge in [0.15, 0.2) is 0 Å².